The molecule has 1 aliphatic rings. The Bertz CT molecular complexity index is 153. The molecule has 1 saturated heterocycles. The molecule has 0 aromatic rings. The first-order valence-corrected chi connectivity index (χ1v) is 3.65. The molecule has 2 nitrogen and oxygen atoms in total. The van der Waals surface area contributed by atoms with Gasteiger partial charge in [-0.15, -0.1) is 6.58 Å². The third kappa shape index (κ3) is 1.38. The number of amides is 1. The Hall–Kier alpha value is -0.790. The van der Waals surface area contributed by atoms with Crippen LogP contribution in [0.1, 0.15) is 19.8 Å². The van der Waals surface area contributed by atoms with E-state index in [1.165, 1.54) is 0 Å². The van der Waals surface area contributed by atoms with Gasteiger partial charge in [-0.1, -0.05) is 13.0 Å². The van der Waals surface area contributed by atoms with Crippen molar-refractivity contribution in [3.63, 3.8) is 0 Å². The SMILES string of the molecule is C=CCC1CC(C)C(=O)N1. The van der Waals surface area contributed by atoms with E-state index >= 15 is 0 Å². The van der Waals surface area contributed by atoms with E-state index in [1.54, 1.807) is 0 Å². The van der Waals surface area contributed by atoms with Crippen molar-refractivity contribution in [1.29, 1.82) is 0 Å². The molecule has 0 aliphatic carbocycles. The highest BCUT2D eigenvalue weighted by Crippen LogP contribution is 2.16. The van der Waals surface area contributed by atoms with Gasteiger partial charge < -0.3 is 5.32 Å². The van der Waals surface area contributed by atoms with E-state index in [0.717, 1.165) is 12.8 Å². The average molecular weight is 139 g/mol. The maximum Gasteiger partial charge on any atom is 0.223 e. The minimum absolute atomic E-state index is 0.187. The molecule has 2 atom stereocenters. The maximum absolute atomic E-state index is 10.9. The third-order valence-electron chi connectivity index (χ3n) is 1.88. The molecule has 1 heterocycles. The van der Waals surface area contributed by atoms with Crippen LogP contribution in [0.25, 0.3) is 0 Å². The molecule has 1 fully saturated rings. The van der Waals surface area contributed by atoms with Gasteiger partial charge in [0.15, 0.2) is 0 Å². The predicted octanol–water partition coefficient (Wildman–Crippen LogP) is 1.09. The van der Waals surface area contributed by atoms with Gasteiger partial charge in [0.2, 0.25) is 5.91 Å². The summed E-state index contributed by atoms with van der Waals surface area (Å²) >= 11 is 0. The molecule has 1 aliphatic heterocycles. The molecular formula is C8H13NO. The van der Waals surface area contributed by atoms with Gasteiger partial charge >= 0.3 is 0 Å². The molecule has 2 heteroatoms. The van der Waals surface area contributed by atoms with Crippen LogP contribution in [0.2, 0.25) is 0 Å². The molecule has 0 radical (unpaired) electrons. The second kappa shape index (κ2) is 2.86. The second-order valence-electron chi connectivity index (χ2n) is 2.87. The Balaban J connectivity index is 2.41. The summed E-state index contributed by atoms with van der Waals surface area (Å²) in [5.74, 6) is 0.386. The predicted molar refractivity (Wildman–Crippen MR) is 40.5 cm³/mol. The lowest BCUT2D eigenvalue weighted by Gasteiger charge is -2.03. The molecular weight excluding hydrogens is 126 g/mol. The Morgan fingerprint density at radius 1 is 1.90 bits per heavy atom. The van der Waals surface area contributed by atoms with Crippen molar-refractivity contribution in [1.82, 2.24) is 5.32 Å². The van der Waals surface area contributed by atoms with E-state index in [2.05, 4.69) is 11.9 Å². The van der Waals surface area contributed by atoms with Crippen LogP contribution >= 0.6 is 0 Å². The fraction of sp³-hybridized carbons (Fsp3) is 0.625. The van der Waals surface area contributed by atoms with E-state index in [9.17, 15) is 4.79 Å². The number of carbonyl (C=O) groups excluding carboxylic acids is 1. The van der Waals surface area contributed by atoms with Crippen LogP contribution in [-0.2, 0) is 4.79 Å². The number of rotatable bonds is 2. The molecule has 1 N–H and O–H groups in total. The first kappa shape index (κ1) is 7.32. The highest BCUT2D eigenvalue weighted by molar-refractivity contribution is 5.80. The molecule has 1 rings (SSSR count). The van der Waals surface area contributed by atoms with Gasteiger partial charge in [0.05, 0.1) is 0 Å². The van der Waals surface area contributed by atoms with Crippen LogP contribution in [-0.4, -0.2) is 11.9 Å². The van der Waals surface area contributed by atoms with Crippen molar-refractivity contribution < 1.29 is 4.79 Å². The minimum atomic E-state index is 0.187. The minimum Gasteiger partial charge on any atom is -0.353 e. The number of hydrogen-bond donors (Lipinski definition) is 1. The van der Waals surface area contributed by atoms with Crippen LogP contribution in [0.4, 0.5) is 0 Å². The second-order valence-corrected chi connectivity index (χ2v) is 2.87. The average Bonchev–Trinajstić information content (AvgIpc) is 2.14. The maximum atomic E-state index is 10.9. The van der Waals surface area contributed by atoms with Gasteiger partial charge in [0.25, 0.3) is 0 Å². The first-order valence-electron chi connectivity index (χ1n) is 3.65. The number of carbonyl (C=O) groups is 1. The van der Waals surface area contributed by atoms with E-state index in [0.29, 0.717) is 6.04 Å². The zero-order valence-electron chi connectivity index (χ0n) is 6.26. The lowest BCUT2D eigenvalue weighted by atomic mass is 10.1. The Morgan fingerprint density at radius 3 is 3.00 bits per heavy atom. The van der Waals surface area contributed by atoms with Crippen LogP contribution in [0.3, 0.4) is 0 Å². The molecule has 0 aromatic heterocycles. The van der Waals surface area contributed by atoms with Crippen LogP contribution in [0.5, 0.6) is 0 Å². The normalized spacial score (nSPS) is 31.9. The Kier molecular flexibility index (Phi) is 2.10. The van der Waals surface area contributed by atoms with E-state index in [1.807, 2.05) is 13.0 Å². The molecule has 0 spiro atoms. The highest BCUT2D eigenvalue weighted by Gasteiger charge is 2.26. The van der Waals surface area contributed by atoms with Crippen molar-refractivity contribution in [3.05, 3.63) is 12.7 Å². The summed E-state index contributed by atoms with van der Waals surface area (Å²) in [6.45, 7) is 5.58. The highest BCUT2D eigenvalue weighted by atomic mass is 16.2. The van der Waals surface area contributed by atoms with Crippen molar-refractivity contribution in [2.45, 2.75) is 25.8 Å². The first-order chi connectivity index (χ1) is 4.74. The summed E-state index contributed by atoms with van der Waals surface area (Å²) < 4.78 is 0. The van der Waals surface area contributed by atoms with Crippen molar-refractivity contribution >= 4 is 5.91 Å². The summed E-state index contributed by atoms with van der Waals surface area (Å²) in [6.07, 6.45) is 3.71. The zero-order chi connectivity index (χ0) is 7.56. The molecule has 56 valence electrons. The summed E-state index contributed by atoms with van der Waals surface area (Å²) in [6, 6.07) is 0.347. The number of nitrogens with one attached hydrogen (secondary N) is 1. The van der Waals surface area contributed by atoms with Gasteiger partial charge in [0, 0.05) is 12.0 Å². The summed E-state index contributed by atoms with van der Waals surface area (Å²) in [5.41, 5.74) is 0. The fourth-order valence-corrected chi connectivity index (χ4v) is 1.29. The van der Waals surface area contributed by atoms with E-state index < -0.39 is 0 Å². The Labute approximate surface area is 61.3 Å². The largest absolute Gasteiger partial charge is 0.353 e. The lowest BCUT2D eigenvalue weighted by molar-refractivity contribution is -0.122. The summed E-state index contributed by atoms with van der Waals surface area (Å²) in [5, 5.41) is 2.89. The van der Waals surface area contributed by atoms with Gasteiger partial charge in [-0.3, -0.25) is 4.79 Å². The molecule has 0 bridgehead atoms. The third-order valence-corrected chi connectivity index (χ3v) is 1.88. The Morgan fingerprint density at radius 2 is 2.60 bits per heavy atom. The topological polar surface area (TPSA) is 29.1 Å². The quantitative estimate of drug-likeness (QED) is 0.570. The zero-order valence-corrected chi connectivity index (χ0v) is 6.26. The van der Waals surface area contributed by atoms with E-state index in [-0.39, 0.29) is 11.8 Å². The standard InChI is InChI=1S/C8H13NO/c1-3-4-7-5-6(2)8(10)9-7/h3,6-7H,1,4-5H2,2H3,(H,9,10). The lowest BCUT2D eigenvalue weighted by Crippen LogP contribution is -2.25. The van der Waals surface area contributed by atoms with Gasteiger partial charge in [-0.2, -0.15) is 0 Å². The van der Waals surface area contributed by atoms with E-state index in [4.69, 9.17) is 0 Å². The summed E-state index contributed by atoms with van der Waals surface area (Å²) in [7, 11) is 0. The van der Waals surface area contributed by atoms with Crippen LogP contribution in [0.15, 0.2) is 12.7 Å². The molecule has 2 unspecified atom stereocenters. The van der Waals surface area contributed by atoms with Gasteiger partial charge in [-0.05, 0) is 12.8 Å². The van der Waals surface area contributed by atoms with Gasteiger partial charge in [-0.25, -0.2) is 0 Å². The number of hydrogen-bond acceptors (Lipinski definition) is 1. The monoisotopic (exact) mass is 139 g/mol. The summed E-state index contributed by atoms with van der Waals surface area (Å²) in [4.78, 5) is 10.9. The van der Waals surface area contributed by atoms with Crippen molar-refractivity contribution in [2.75, 3.05) is 0 Å². The van der Waals surface area contributed by atoms with Crippen molar-refractivity contribution in [2.24, 2.45) is 5.92 Å². The van der Waals surface area contributed by atoms with Crippen LogP contribution < -0.4 is 5.32 Å². The van der Waals surface area contributed by atoms with Crippen molar-refractivity contribution in [3.8, 4) is 0 Å². The fourth-order valence-electron chi connectivity index (χ4n) is 1.29. The van der Waals surface area contributed by atoms with Crippen LogP contribution in [0, 0.1) is 5.92 Å². The molecule has 0 aromatic carbocycles. The smallest absolute Gasteiger partial charge is 0.223 e. The molecule has 1 amide bonds. The molecule has 0 saturated carbocycles. The molecule has 10 heavy (non-hydrogen) atoms. The van der Waals surface area contributed by atoms with Gasteiger partial charge in [0.1, 0.15) is 0 Å².